The van der Waals surface area contributed by atoms with Crippen molar-refractivity contribution in [3.8, 4) is 5.75 Å². The van der Waals surface area contributed by atoms with Crippen LogP contribution in [-0.4, -0.2) is 62.6 Å². The third-order valence-corrected chi connectivity index (χ3v) is 5.13. The molecule has 1 aromatic rings. The Morgan fingerprint density at radius 2 is 1.87 bits per heavy atom. The van der Waals surface area contributed by atoms with Gasteiger partial charge in [0.1, 0.15) is 5.75 Å². The number of nitrogens with zero attached hydrogens (tertiary/aromatic N) is 2. The maximum absolute atomic E-state index is 12.2. The Morgan fingerprint density at radius 3 is 2.57 bits per heavy atom. The maximum Gasteiger partial charge on any atom is 0.222 e. The normalized spacial score (nSPS) is 16.8. The molecule has 1 saturated heterocycles. The van der Waals surface area contributed by atoms with Crippen LogP contribution >= 0.6 is 0 Å². The van der Waals surface area contributed by atoms with Crippen molar-refractivity contribution >= 4 is 15.9 Å². The fraction of sp³-hybridized carbons (Fsp3) is 0.562. The van der Waals surface area contributed by atoms with Crippen LogP contribution in [0.15, 0.2) is 30.3 Å². The molecular weight excluding hydrogens is 316 g/mol. The lowest BCUT2D eigenvalue weighted by Crippen LogP contribution is -2.36. The number of carbonyl (C=O) groups excluding carboxylic acids is 1. The molecule has 23 heavy (non-hydrogen) atoms. The number of rotatable bonds is 6. The summed E-state index contributed by atoms with van der Waals surface area (Å²) in [6, 6.07) is 9.51. The first-order valence-corrected chi connectivity index (χ1v) is 9.72. The van der Waals surface area contributed by atoms with Gasteiger partial charge in [0, 0.05) is 32.6 Å². The van der Waals surface area contributed by atoms with E-state index in [1.54, 1.807) is 4.90 Å². The topological polar surface area (TPSA) is 66.9 Å². The van der Waals surface area contributed by atoms with Crippen molar-refractivity contribution in [2.24, 2.45) is 0 Å². The van der Waals surface area contributed by atoms with E-state index in [0.29, 0.717) is 52.0 Å². The Hall–Kier alpha value is -1.60. The average molecular weight is 340 g/mol. The van der Waals surface area contributed by atoms with E-state index in [1.807, 2.05) is 30.3 Å². The van der Waals surface area contributed by atoms with Crippen LogP contribution in [0.1, 0.15) is 19.3 Å². The minimum Gasteiger partial charge on any atom is -0.494 e. The Morgan fingerprint density at radius 1 is 1.13 bits per heavy atom. The van der Waals surface area contributed by atoms with Crippen molar-refractivity contribution in [2.45, 2.75) is 19.3 Å². The minimum absolute atomic E-state index is 0.0667. The molecule has 0 saturated carbocycles. The van der Waals surface area contributed by atoms with Gasteiger partial charge in [-0.15, -0.1) is 0 Å². The van der Waals surface area contributed by atoms with Crippen molar-refractivity contribution in [1.82, 2.24) is 9.21 Å². The molecule has 1 heterocycles. The summed E-state index contributed by atoms with van der Waals surface area (Å²) < 4.78 is 30.1. The van der Waals surface area contributed by atoms with Gasteiger partial charge in [-0.2, -0.15) is 0 Å². The summed E-state index contributed by atoms with van der Waals surface area (Å²) >= 11 is 0. The van der Waals surface area contributed by atoms with Crippen LogP contribution in [0.2, 0.25) is 0 Å². The summed E-state index contributed by atoms with van der Waals surface area (Å²) in [6.45, 7) is 2.44. The molecule has 0 bridgehead atoms. The molecule has 0 aliphatic carbocycles. The minimum atomic E-state index is -3.17. The smallest absolute Gasteiger partial charge is 0.222 e. The van der Waals surface area contributed by atoms with Crippen molar-refractivity contribution in [3.63, 3.8) is 0 Å². The first-order chi connectivity index (χ1) is 11.0. The Bertz CT molecular complexity index is 604. The van der Waals surface area contributed by atoms with Crippen LogP contribution in [0, 0.1) is 0 Å². The first kappa shape index (κ1) is 17.7. The van der Waals surface area contributed by atoms with Gasteiger partial charge in [-0.25, -0.2) is 12.7 Å². The molecule has 2 rings (SSSR count). The van der Waals surface area contributed by atoms with Crippen LogP contribution in [0.25, 0.3) is 0 Å². The molecule has 128 valence electrons. The van der Waals surface area contributed by atoms with E-state index in [4.69, 9.17) is 4.74 Å². The second kappa shape index (κ2) is 8.31. The van der Waals surface area contributed by atoms with Gasteiger partial charge in [-0.05, 0) is 25.0 Å². The van der Waals surface area contributed by atoms with Gasteiger partial charge in [-0.3, -0.25) is 4.79 Å². The van der Waals surface area contributed by atoms with E-state index in [2.05, 4.69) is 0 Å². The third-order valence-electron chi connectivity index (χ3n) is 3.82. The molecule has 1 amide bonds. The zero-order valence-electron chi connectivity index (χ0n) is 13.5. The van der Waals surface area contributed by atoms with Gasteiger partial charge < -0.3 is 9.64 Å². The molecule has 7 heteroatoms. The Labute approximate surface area is 138 Å². The van der Waals surface area contributed by atoms with Crippen LogP contribution in [0.5, 0.6) is 5.75 Å². The van der Waals surface area contributed by atoms with Crippen LogP contribution in [-0.2, 0) is 14.8 Å². The molecule has 0 unspecified atom stereocenters. The number of hydrogen-bond acceptors (Lipinski definition) is 4. The molecule has 1 aliphatic rings. The molecule has 0 spiro atoms. The van der Waals surface area contributed by atoms with E-state index in [9.17, 15) is 13.2 Å². The third kappa shape index (κ3) is 5.84. The molecule has 0 atom stereocenters. The monoisotopic (exact) mass is 340 g/mol. The summed E-state index contributed by atoms with van der Waals surface area (Å²) in [7, 11) is -3.17. The highest BCUT2D eigenvalue weighted by Gasteiger charge is 2.23. The zero-order chi connectivity index (χ0) is 16.7. The van der Waals surface area contributed by atoms with Gasteiger partial charge in [0.15, 0.2) is 0 Å². The molecule has 6 nitrogen and oxygen atoms in total. The number of carbonyl (C=O) groups is 1. The van der Waals surface area contributed by atoms with Crippen molar-refractivity contribution in [2.75, 3.05) is 39.0 Å². The summed E-state index contributed by atoms with van der Waals surface area (Å²) in [6.07, 6.45) is 2.97. The van der Waals surface area contributed by atoms with Gasteiger partial charge in [0.2, 0.25) is 15.9 Å². The Kier molecular flexibility index (Phi) is 6.41. The maximum atomic E-state index is 12.2. The Balaban J connectivity index is 1.71. The zero-order valence-corrected chi connectivity index (χ0v) is 14.3. The SMILES string of the molecule is CS(=O)(=O)N1CCCN(C(=O)CCCOc2ccccc2)CC1. The van der Waals surface area contributed by atoms with E-state index < -0.39 is 10.0 Å². The standard InChI is InChI=1S/C16H24N2O4S/c1-23(20,21)18-11-6-10-17(12-13-18)16(19)9-5-14-22-15-7-3-2-4-8-15/h2-4,7-8H,5-6,9-14H2,1H3. The van der Waals surface area contributed by atoms with Crippen molar-refractivity contribution in [1.29, 1.82) is 0 Å². The molecule has 0 radical (unpaired) electrons. The largest absolute Gasteiger partial charge is 0.494 e. The number of hydrogen-bond donors (Lipinski definition) is 0. The van der Waals surface area contributed by atoms with Gasteiger partial charge in [0.05, 0.1) is 12.9 Å². The fourth-order valence-electron chi connectivity index (χ4n) is 2.56. The van der Waals surface area contributed by atoms with E-state index in [0.717, 1.165) is 5.75 Å². The predicted octanol–water partition coefficient (Wildman–Crippen LogP) is 1.34. The van der Waals surface area contributed by atoms with Crippen LogP contribution < -0.4 is 4.74 Å². The number of benzene rings is 1. The number of sulfonamides is 1. The molecule has 1 aliphatic heterocycles. The second-order valence-electron chi connectivity index (χ2n) is 5.66. The van der Waals surface area contributed by atoms with Crippen molar-refractivity contribution in [3.05, 3.63) is 30.3 Å². The van der Waals surface area contributed by atoms with E-state index in [-0.39, 0.29) is 5.91 Å². The summed E-state index contributed by atoms with van der Waals surface area (Å²) in [5, 5.41) is 0. The van der Waals surface area contributed by atoms with E-state index >= 15 is 0 Å². The van der Waals surface area contributed by atoms with Gasteiger partial charge >= 0.3 is 0 Å². The fourth-order valence-corrected chi connectivity index (χ4v) is 3.44. The number of amides is 1. The highest BCUT2D eigenvalue weighted by Crippen LogP contribution is 2.11. The lowest BCUT2D eigenvalue weighted by molar-refractivity contribution is -0.131. The second-order valence-corrected chi connectivity index (χ2v) is 7.64. The molecule has 0 aromatic heterocycles. The summed E-state index contributed by atoms with van der Waals surface area (Å²) in [5.41, 5.74) is 0. The van der Waals surface area contributed by atoms with Gasteiger partial charge in [-0.1, -0.05) is 18.2 Å². The number of ether oxygens (including phenoxy) is 1. The molecule has 0 N–H and O–H groups in total. The summed E-state index contributed by atoms with van der Waals surface area (Å²) in [4.78, 5) is 14.0. The predicted molar refractivity (Wildman–Crippen MR) is 88.8 cm³/mol. The lowest BCUT2D eigenvalue weighted by atomic mass is 10.2. The molecule has 1 aromatic carbocycles. The van der Waals surface area contributed by atoms with Crippen LogP contribution in [0.4, 0.5) is 0 Å². The van der Waals surface area contributed by atoms with Gasteiger partial charge in [0.25, 0.3) is 0 Å². The average Bonchev–Trinajstić information content (AvgIpc) is 2.78. The first-order valence-electron chi connectivity index (χ1n) is 7.87. The summed E-state index contributed by atoms with van der Waals surface area (Å²) in [5.74, 6) is 0.871. The highest BCUT2D eigenvalue weighted by molar-refractivity contribution is 7.88. The molecular formula is C16H24N2O4S. The molecule has 1 fully saturated rings. The highest BCUT2D eigenvalue weighted by atomic mass is 32.2. The lowest BCUT2D eigenvalue weighted by Gasteiger charge is -2.21. The quantitative estimate of drug-likeness (QED) is 0.733. The number of para-hydroxylation sites is 1. The van der Waals surface area contributed by atoms with E-state index in [1.165, 1.54) is 10.6 Å². The van der Waals surface area contributed by atoms with Crippen LogP contribution in [0.3, 0.4) is 0 Å². The van der Waals surface area contributed by atoms with Crippen molar-refractivity contribution < 1.29 is 17.9 Å².